The Kier molecular flexibility index (Phi) is 2.00. The Hall–Kier alpha value is -1.39. The molecular formula is C8H10N2O3. The number of methoxy groups -OCH3 is 1. The van der Waals surface area contributed by atoms with E-state index in [0.29, 0.717) is 17.7 Å². The van der Waals surface area contributed by atoms with Crippen LogP contribution >= 0.6 is 0 Å². The van der Waals surface area contributed by atoms with Gasteiger partial charge in [0.15, 0.2) is 0 Å². The van der Waals surface area contributed by atoms with Crippen LogP contribution in [0.2, 0.25) is 0 Å². The van der Waals surface area contributed by atoms with Gasteiger partial charge in [0.05, 0.1) is 7.11 Å². The molecule has 0 N–H and O–H groups in total. The minimum absolute atomic E-state index is 0.0657. The molecule has 1 heterocycles. The van der Waals surface area contributed by atoms with Crippen LogP contribution in [0, 0.1) is 0 Å². The third kappa shape index (κ3) is 1.85. The molecule has 1 aromatic heterocycles. The van der Waals surface area contributed by atoms with E-state index in [1.165, 1.54) is 7.11 Å². The molecule has 1 saturated carbocycles. The molecule has 0 saturated heterocycles. The maximum Gasteiger partial charge on any atom is 0.315 e. The van der Waals surface area contributed by atoms with Crippen LogP contribution in [0.1, 0.15) is 30.5 Å². The van der Waals surface area contributed by atoms with Gasteiger partial charge in [-0.3, -0.25) is 4.79 Å². The topological polar surface area (TPSA) is 65.2 Å². The van der Waals surface area contributed by atoms with Gasteiger partial charge in [0.25, 0.3) is 0 Å². The van der Waals surface area contributed by atoms with Gasteiger partial charge in [0, 0.05) is 5.92 Å². The first-order chi connectivity index (χ1) is 6.29. The summed E-state index contributed by atoms with van der Waals surface area (Å²) in [5.74, 6) is 1.07. The van der Waals surface area contributed by atoms with Gasteiger partial charge in [-0.2, -0.15) is 0 Å². The summed E-state index contributed by atoms with van der Waals surface area (Å²) < 4.78 is 9.73. The van der Waals surface area contributed by atoms with Gasteiger partial charge in [-0.05, 0) is 12.8 Å². The highest BCUT2D eigenvalue weighted by atomic mass is 16.5. The van der Waals surface area contributed by atoms with E-state index in [2.05, 4.69) is 14.9 Å². The summed E-state index contributed by atoms with van der Waals surface area (Å²) in [5.41, 5.74) is 0. The lowest BCUT2D eigenvalue weighted by molar-refractivity contribution is -0.140. The van der Waals surface area contributed by atoms with Crippen LogP contribution < -0.4 is 0 Å². The largest absolute Gasteiger partial charge is 0.469 e. The highest BCUT2D eigenvalue weighted by Gasteiger charge is 2.29. The molecule has 1 aromatic rings. The van der Waals surface area contributed by atoms with Crippen molar-refractivity contribution in [3.63, 3.8) is 0 Å². The number of rotatable bonds is 3. The van der Waals surface area contributed by atoms with Crippen LogP contribution in [0.4, 0.5) is 0 Å². The van der Waals surface area contributed by atoms with E-state index < -0.39 is 0 Å². The zero-order valence-electron chi connectivity index (χ0n) is 7.32. The molecule has 13 heavy (non-hydrogen) atoms. The van der Waals surface area contributed by atoms with Crippen LogP contribution in [-0.4, -0.2) is 23.3 Å². The van der Waals surface area contributed by atoms with Crippen LogP contribution in [0.3, 0.4) is 0 Å². The first kappa shape index (κ1) is 8.22. The second-order valence-electron chi connectivity index (χ2n) is 3.06. The molecule has 70 valence electrons. The molecule has 1 aliphatic carbocycles. The zero-order chi connectivity index (χ0) is 9.26. The van der Waals surface area contributed by atoms with E-state index >= 15 is 0 Å². The summed E-state index contributed by atoms with van der Waals surface area (Å²) in [7, 11) is 1.33. The van der Waals surface area contributed by atoms with E-state index in [4.69, 9.17) is 4.42 Å². The highest BCUT2D eigenvalue weighted by molar-refractivity contribution is 5.70. The van der Waals surface area contributed by atoms with Crippen LogP contribution in [0.15, 0.2) is 4.42 Å². The standard InChI is InChI=1S/C8H10N2O3/c1-12-7(11)4-6-9-10-8(13-6)5-2-3-5/h5H,2-4H2,1H3. The molecule has 0 atom stereocenters. The van der Waals surface area contributed by atoms with E-state index in [-0.39, 0.29) is 12.4 Å². The van der Waals surface area contributed by atoms with Crippen molar-refractivity contribution in [1.29, 1.82) is 0 Å². The summed E-state index contributed by atoms with van der Waals surface area (Å²) in [5, 5.41) is 7.59. The first-order valence-corrected chi connectivity index (χ1v) is 4.18. The fourth-order valence-corrected chi connectivity index (χ4v) is 1.03. The van der Waals surface area contributed by atoms with E-state index in [9.17, 15) is 4.79 Å². The molecular weight excluding hydrogens is 172 g/mol. The van der Waals surface area contributed by atoms with Crippen molar-refractivity contribution in [1.82, 2.24) is 10.2 Å². The maximum atomic E-state index is 10.8. The monoisotopic (exact) mass is 182 g/mol. The Morgan fingerprint density at radius 2 is 2.38 bits per heavy atom. The van der Waals surface area contributed by atoms with Gasteiger partial charge in [0.2, 0.25) is 11.8 Å². The lowest BCUT2D eigenvalue weighted by Crippen LogP contribution is -2.04. The number of hydrogen-bond acceptors (Lipinski definition) is 5. The SMILES string of the molecule is COC(=O)Cc1nnc(C2CC2)o1. The Bertz CT molecular complexity index is 317. The molecule has 1 aliphatic rings. The van der Waals surface area contributed by atoms with Crippen molar-refractivity contribution in [2.75, 3.05) is 7.11 Å². The van der Waals surface area contributed by atoms with E-state index in [1.54, 1.807) is 0 Å². The van der Waals surface area contributed by atoms with Crippen LogP contribution in [0.25, 0.3) is 0 Å². The molecule has 0 unspecified atom stereocenters. The number of carbonyl (C=O) groups is 1. The van der Waals surface area contributed by atoms with Crippen molar-refractivity contribution in [3.05, 3.63) is 11.8 Å². The van der Waals surface area contributed by atoms with Crippen molar-refractivity contribution >= 4 is 5.97 Å². The minimum atomic E-state index is -0.356. The molecule has 0 bridgehead atoms. The third-order valence-electron chi connectivity index (χ3n) is 1.93. The van der Waals surface area contributed by atoms with E-state index in [1.807, 2.05) is 0 Å². The number of nitrogens with zero attached hydrogens (tertiary/aromatic N) is 2. The third-order valence-corrected chi connectivity index (χ3v) is 1.93. The van der Waals surface area contributed by atoms with Crippen LogP contribution in [-0.2, 0) is 16.0 Å². The van der Waals surface area contributed by atoms with Gasteiger partial charge in [-0.15, -0.1) is 10.2 Å². The normalized spacial score (nSPS) is 15.8. The van der Waals surface area contributed by atoms with Gasteiger partial charge in [-0.25, -0.2) is 0 Å². The lowest BCUT2D eigenvalue weighted by Gasteiger charge is -1.92. The Balaban J connectivity index is 2.00. The summed E-state index contributed by atoms with van der Waals surface area (Å²) in [6.07, 6.45) is 2.29. The number of ether oxygens (including phenoxy) is 1. The van der Waals surface area contributed by atoms with Crippen molar-refractivity contribution in [2.24, 2.45) is 0 Å². The molecule has 0 aliphatic heterocycles. The second-order valence-corrected chi connectivity index (χ2v) is 3.06. The van der Waals surface area contributed by atoms with Crippen molar-refractivity contribution < 1.29 is 13.9 Å². The number of carbonyl (C=O) groups excluding carboxylic acids is 1. The van der Waals surface area contributed by atoms with Crippen molar-refractivity contribution in [3.8, 4) is 0 Å². The Labute approximate surface area is 75.1 Å². The molecule has 5 heteroatoms. The first-order valence-electron chi connectivity index (χ1n) is 4.18. The minimum Gasteiger partial charge on any atom is -0.469 e. The molecule has 0 amide bonds. The fourth-order valence-electron chi connectivity index (χ4n) is 1.03. The second kappa shape index (κ2) is 3.16. The molecule has 1 fully saturated rings. The Morgan fingerprint density at radius 3 is 3.00 bits per heavy atom. The van der Waals surface area contributed by atoms with Gasteiger partial charge in [0.1, 0.15) is 6.42 Å². The maximum absolute atomic E-state index is 10.8. The molecule has 0 aromatic carbocycles. The summed E-state index contributed by atoms with van der Waals surface area (Å²) in [4.78, 5) is 10.8. The summed E-state index contributed by atoms with van der Waals surface area (Å²) in [6, 6.07) is 0. The van der Waals surface area contributed by atoms with Crippen molar-refractivity contribution in [2.45, 2.75) is 25.2 Å². The fraction of sp³-hybridized carbons (Fsp3) is 0.625. The smallest absolute Gasteiger partial charge is 0.315 e. The molecule has 5 nitrogen and oxygen atoms in total. The van der Waals surface area contributed by atoms with Gasteiger partial charge >= 0.3 is 5.97 Å². The Morgan fingerprint density at radius 1 is 1.62 bits per heavy atom. The quantitative estimate of drug-likeness (QED) is 0.642. The molecule has 2 rings (SSSR count). The average Bonchev–Trinajstić information content (AvgIpc) is 2.88. The predicted octanol–water partition coefficient (Wildman–Crippen LogP) is 0.662. The van der Waals surface area contributed by atoms with E-state index in [0.717, 1.165) is 12.8 Å². The van der Waals surface area contributed by atoms with Gasteiger partial charge in [-0.1, -0.05) is 0 Å². The van der Waals surface area contributed by atoms with Crippen LogP contribution in [0.5, 0.6) is 0 Å². The highest BCUT2D eigenvalue weighted by Crippen LogP contribution is 2.38. The van der Waals surface area contributed by atoms with Gasteiger partial charge < -0.3 is 9.15 Å². The number of hydrogen-bond donors (Lipinski definition) is 0. The number of esters is 1. The predicted molar refractivity (Wildman–Crippen MR) is 42.0 cm³/mol. The number of aromatic nitrogens is 2. The zero-order valence-corrected chi connectivity index (χ0v) is 7.32. The average molecular weight is 182 g/mol. The summed E-state index contributed by atoms with van der Waals surface area (Å²) in [6.45, 7) is 0. The lowest BCUT2D eigenvalue weighted by atomic mass is 10.4. The summed E-state index contributed by atoms with van der Waals surface area (Å²) >= 11 is 0. The molecule has 0 radical (unpaired) electrons. The molecule has 0 spiro atoms.